The number of carbonyl (C=O) groups is 1. The fourth-order valence-electron chi connectivity index (χ4n) is 3.60. The minimum absolute atomic E-state index is 0.184. The quantitative estimate of drug-likeness (QED) is 0.462. The number of pyridine rings is 1. The molecule has 4 aromatic rings. The van der Waals surface area contributed by atoms with Gasteiger partial charge in [0.1, 0.15) is 17.2 Å². The van der Waals surface area contributed by atoms with Crippen LogP contribution in [0.4, 0.5) is 10.1 Å². The molecule has 4 heterocycles. The third-order valence-corrected chi connectivity index (χ3v) is 5.29. The molecule has 0 bridgehead atoms. The highest BCUT2D eigenvalue weighted by Crippen LogP contribution is 2.27. The second-order valence-electron chi connectivity index (χ2n) is 7.51. The Balaban J connectivity index is 1.40. The summed E-state index contributed by atoms with van der Waals surface area (Å²) in [6, 6.07) is 8.04. The van der Waals surface area contributed by atoms with Crippen LogP contribution in [0.15, 0.2) is 47.2 Å². The summed E-state index contributed by atoms with van der Waals surface area (Å²) in [5.41, 5.74) is 2.75. The second-order valence-corrected chi connectivity index (χ2v) is 7.51. The first-order valence-electron chi connectivity index (χ1n) is 9.78. The topological polar surface area (TPSA) is 118 Å². The number of aryl methyl sites for hydroxylation is 1. The smallest absolute Gasteiger partial charge is 0.274 e. The summed E-state index contributed by atoms with van der Waals surface area (Å²) < 4.78 is 20.4. The number of benzene rings is 1. The zero-order valence-electron chi connectivity index (χ0n) is 16.5. The third kappa shape index (κ3) is 3.66. The van der Waals surface area contributed by atoms with Crippen molar-refractivity contribution in [1.82, 2.24) is 24.8 Å². The van der Waals surface area contributed by atoms with E-state index in [9.17, 15) is 14.3 Å². The Morgan fingerprint density at radius 3 is 3.03 bits per heavy atom. The number of hydrogen-bond acceptors (Lipinski definition) is 7. The summed E-state index contributed by atoms with van der Waals surface area (Å²) >= 11 is 0. The van der Waals surface area contributed by atoms with Gasteiger partial charge in [-0.15, -0.1) is 0 Å². The first-order valence-corrected chi connectivity index (χ1v) is 9.78. The normalized spacial score (nSPS) is 18.5. The Morgan fingerprint density at radius 1 is 1.35 bits per heavy atom. The lowest BCUT2D eigenvalue weighted by Gasteiger charge is -2.09. The number of β-amino-alcohol motifs (C(OH)–C–C–N with tert-alkyl or cyclic N) is 1. The van der Waals surface area contributed by atoms with Gasteiger partial charge < -0.3 is 20.3 Å². The van der Waals surface area contributed by atoms with E-state index in [0.717, 1.165) is 5.56 Å². The molecule has 1 aliphatic rings. The lowest BCUT2D eigenvalue weighted by atomic mass is 10.1. The second kappa shape index (κ2) is 7.56. The van der Waals surface area contributed by atoms with E-state index in [0.29, 0.717) is 41.6 Å². The van der Waals surface area contributed by atoms with Crippen LogP contribution in [0.1, 0.15) is 34.4 Å². The highest BCUT2D eigenvalue weighted by Gasteiger charge is 2.28. The van der Waals surface area contributed by atoms with Crippen LogP contribution < -0.4 is 10.6 Å². The van der Waals surface area contributed by atoms with E-state index in [1.165, 1.54) is 28.9 Å². The van der Waals surface area contributed by atoms with Gasteiger partial charge in [0, 0.05) is 24.0 Å². The van der Waals surface area contributed by atoms with E-state index in [1.807, 2.05) is 19.1 Å². The van der Waals surface area contributed by atoms with Gasteiger partial charge in [0.25, 0.3) is 5.91 Å². The molecule has 31 heavy (non-hydrogen) atoms. The molecule has 0 aliphatic carbocycles. The Labute approximate surface area is 175 Å². The molecule has 5 rings (SSSR count). The van der Waals surface area contributed by atoms with Crippen molar-refractivity contribution in [3.05, 3.63) is 65.7 Å². The van der Waals surface area contributed by atoms with Gasteiger partial charge in [-0.05, 0) is 37.1 Å². The van der Waals surface area contributed by atoms with E-state index in [2.05, 4.69) is 25.8 Å². The number of aromatic nitrogens is 4. The molecule has 1 saturated heterocycles. The minimum Gasteiger partial charge on any atom is -0.392 e. The molecule has 1 aromatic carbocycles. The number of nitrogens with zero attached hydrogens (tertiary/aromatic N) is 4. The van der Waals surface area contributed by atoms with Gasteiger partial charge in [-0.1, -0.05) is 17.3 Å². The SMILES string of the molecule is Cc1ccc(-c2noc([C@@H]3C[C@H](O)CN3)n2)cc1NC(=O)c1cnc2ccc(F)cn12. The van der Waals surface area contributed by atoms with Gasteiger partial charge in [-0.25, -0.2) is 9.37 Å². The van der Waals surface area contributed by atoms with E-state index in [4.69, 9.17) is 4.52 Å². The molecule has 0 saturated carbocycles. The predicted octanol–water partition coefficient (Wildman–Crippen LogP) is 2.48. The van der Waals surface area contributed by atoms with E-state index in [-0.39, 0.29) is 11.7 Å². The average molecular weight is 422 g/mol. The van der Waals surface area contributed by atoms with Gasteiger partial charge in [-0.3, -0.25) is 9.20 Å². The molecular weight excluding hydrogens is 403 g/mol. The number of anilines is 1. The fraction of sp³-hybridized carbons (Fsp3) is 0.238. The minimum atomic E-state index is -0.463. The monoisotopic (exact) mass is 422 g/mol. The van der Waals surface area contributed by atoms with Crippen LogP contribution in [0.3, 0.4) is 0 Å². The molecular formula is C21H19FN6O3. The fourth-order valence-corrected chi connectivity index (χ4v) is 3.60. The Kier molecular flexibility index (Phi) is 4.72. The number of fused-ring (bicyclic) bond motifs is 1. The molecule has 0 spiro atoms. The summed E-state index contributed by atoms with van der Waals surface area (Å²) in [6.07, 6.45) is 2.69. The number of imidazole rings is 1. The van der Waals surface area contributed by atoms with Crippen molar-refractivity contribution in [1.29, 1.82) is 0 Å². The standard InChI is InChI=1S/C21H19FN6O3/c1-11-2-3-12(19-26-21(31-27-19)16-7-14(29)8-23-16)6-15(11)25-20(30)17-9-24-18-5-4-13(22)10-28(17)18/h2-6,9-10,14,16,23,29H,7-8H2,1H3,(H,25,30)/t14-,16-/m0/s1. The zero-order valence-corrected chi connectivity index (χ0v) is 16.5. The molecule has 10 heteroatoms. The van der Waals surface area contributed by atoms with Crippen LogP contribution in [-0.4, -0.2) is 43.2 Å². The lowest BCUT2D eigenvalue weighted by molar-refractivity contribution is 0.102. The summed E-state index contributed by atoms with van der Waals surface area (Å²) in [7, 11) is 0. The molecule has 3 aromatic heterocycles. The Hall–Kier alpha value is -3.63. The van der Waals surface area contributed by atoms with Gasteiger partial charge in [-0.2, -0.15) is 4.98 Å². The molecule has 3 N–H and O–H groups in total. The van der Waals surface area contributed by atoms with Crippen LogP contribution >= 0.6 is 0 Å². The number of nitrogens with one attached hydrogen (secondary N) is 2. The molecule has 158 valence electrons. The van der Waals surface area contributed by atoms with Crippen molar-refractivity contribution >= 4 is 17.2 Å². The lowest BCUT2D eigenvalue weighted by Crippen LogP contribution is -2.15. The number of hydrogen-bond donors (Lipinski definition) is 3. The maximum absolute atomic E-state index is 13.6. The van der Waals surface area contributed by atoms with Crippen molar-refractivity contribution in [3.63, 3.8) is 0 Å². The molecule has 0 unspecified atom stereocenters. The molecule has 1 amide bonds. The molecule has 2 atom stereocenters. The molecule has 1 aliphatic heterocycles. The van der Waals surface area contributed by atoms with Crippen molar-refractivity contribution in [2.45, 2.75) is 25.5 Å². The first-order chi connectivity index (χ1) is 15.0. The molecule has 0 radical (unpaired) electrons. The van der Waals surface area contributed by atoms with Crippen LogP contribution in [0.25, 0.3) is 17.0 Å². The van der Waals surface area contributed by atoms with Crippen molar-refractivity contribution in [2.75, 3.05) is 11.9 Å². The summed E-state index contributed by atoms with van der Waals surface area (Å²) in [4.78, 5) is 21.4. The largest absolute Gasteiger partial charge is 0.392 e. The van der Waals surface area contributed by atoms with Crippen LogP contribution in [0, 0.1) is 12.7 Å². The number of amides is 1. The third-order valence-electron chi connectivity index (χ3n) is 5.29. The van der Waals surface area contributed by atoms with Crippen molar-refractivity contribution in [3.8, 4) is 11.4 Å². The van der Waals surface area contributed by atoms with Crippen molar-refractivity contribution in [2.24, 2.45) is 0 Å². The van der Waals surface area contributed by atoms with E-state index >= 15 is 0 Å². The highest BCUT2D eigenvalue weighted by atomic mass is 19.1. The summed E-state index contributed by atoms with van der Waals surface area (Å²) in [6.45, 7) is 2.34. The highest BCUT2D eigenvalue weighted by molar-refractivity contribution is 6.04. The molecule has 9 nitrogen and oxygen atoms in total. The van der Waals surface area contributed by atoms with Gasteiger partial charge >= 0.3 is 0 Å². The van der Waals surface area contributed by atoms with Crippen LogP contribution in [-0.2, 0) is 0 Å². The average Bonchev–Trinajstić information content (AvgIpc) is 3.48. The predicted molar refractivity (Wildman–Crippen MR) is 109 cm³/mol. The number of rotatable bonds is 4. The van der Waals surface area contributed by atoms with Crippen LogP contribution in [0.2, 0.25) is 0 Å². The van der Waals surface area contributed by atoms with Gasteiger partial charge in [0.05, 0.1) is 18.3 Å². The van der Waals surface area contributed by atoms with Crippen molar-refractivity contribution < 1.29 is 18.8 Å². The number of halogens is 1. The number of aliphatic hydroxyl groups excluding tert-OH is 1. The maximum atomic E-state index is 13.6. The maximum Gasteiger partial charge on any atom is 0.274 e. The zero-order chi connectivity index (χ0) is 21.5. The molecule has 1 fully saturated rings. The first kappa shape index (κ1) is 19.3. The van der Waals surface area contributed by atoms with Gasteiger partial charge in [0.2, 0.25) is 11.7 Å². The number of aliphatic hydroxyl groups is 1. The van der Waals surface area contributed by atoms with Crippen LogP contribution in [0.5, 0.6) is 0 Å². The Bertz CT molecular complexity index is 1280. The summed E-state index contributed by atoms with van der Waals surface area (Å²) in [5.74, 6) is -0.0952. The summed E-state index contributed by atoms with van der Waals surface area (Å²) in [5, 5.41) is 19.7. The van der Waals surface area contributed by atoms with E-state index < -0.39 is 17.8 Å². The van der Waals surface area contributed by atoms with E-state index in [1.54, 1.807) is 6.07 Å². The number of carbonyl (C=O) groups excluding carboxylic acids is 1. The Morgan fingerprint density at radius 2 is 2.23 bits per heavy atom. The van der Waals surface area contributed by atoms with Gasteiger partial charge in [0.15, 0.2) is 0 Å².